The standard InChI is InChI=1S/C15H14N2OS/c1-2-13-14(17-8-7-16-15(17)19-13)11-4-3-5-12-10(11)6-9-18-12/h3-6,9H,2,7-8H2,1H3. The molecule has 2 aliphatic heterocycles. The number of benzene rings is 1. The van der Waals surface area contributed by atoms with Crippen molar-refractivity contribution in [2.75, 3.05) is 13.1 Å². The number of rotatable bonds is 2. The predicted octanol–water partition coefficient (Wildman–Crippen LogP) is 3.93. The third-order valence-corrected chi connectivity index (χ3v) is 4.88. The van der Waals surface area contributed by atoms with E-state index in [9.17, 15) is 0 Å². The Bertz CT molecular complexity index is 714. The Morgan fingerprint density at radius 1 is 1.37 bits per heavy atom. The lowest BCUT2D eigenvalue weighted by atomic mass is 10.1. The van der Waals surface area contributed by atoms with Gasteiger partial charge in [-0.05, 0) is 18.6 Å². The number of amidine groups is 1. The molecule has 0 atom stereocenters. The fraction of sp³-hybridized carbons (Fsp3) is 0.267. The molecule has 0 fully saturated rings. The summed E-state index contributed by atoms with van der Waals surface area (Å²) in [6.07, 6.45) is 2.81. The quantitative estimate of drug-likeness (QED) is 0.828. The normalized spacial score (nSPS) is 18.4. The SMILES string of the molecule is CCC1=C(c2cccc3occc23)N2CCN=C2S1. The van der Waals surface area contributed by atoms with Crippen LogP contribution in [0.4, 0.5) is 0 Å². The number of thioether (sulfide) groups is 1. The minimum atomic E-state index is 0.907. The van der Waals surface area contributed by atoms with E-state index in [2.05, 4.69) is 35.0 Å². The molecule has 0 N–H and O–H groups in total. The van der Waals surface area contributed by atoms with E-state index in [1.54, 1.807) is 6.26 Å². The third kappa shape index (κ3) is 1.56. The number of nitrogens with zero attached hydrogens (tertiary/aromatic N) is 2. The molecule has 1 aromatic heterocycles. The second-order valence-corrected chi connectivity index (χ2v) is 5.74. The highest BCUT2D eigenvalue weighted by molar-refractivity contribution is 8.17. The van der Waals surface area contributed by atoms with E-state index < -0.39 is 0 Å². The van der Waals surface area contributed by atoms with Gasteiger partial charge in [-0.2, -0.15) is 0 Å². The number of fused-ring (bicyclic) bond motifs is 2. The molecule has 4 heteroatoms. The van der Waals surface area contributed by atoms with Crippen LogP contribution >= 0.6 is 11.8 Å². The molecule has 19 heavy (non-hydrogen) atoms. The Balaban J connectivity index is 1.95. The van der Waals surface area contributed by atoms with Crippen LogP contribution in [-0.4, -0.2) is 23.2 Å². The van der Waals surface area contributed by atoms with Gasteiger partial charge in [-0.25, -0.2) is 0 Å². The van der Waals surface area contributed by atoms with Crippen LogP contribution in [-0.2, 0) is 0 Å². The molecule has 0 spiro atoms. The summed E-state index contributed by atoms with van der Waals surface area (Å²) in [6, 6.07) is 8.33. The highest BCUT2D eigenvalue weighted by atomic mass is 32.2. The number of furan rings is 1. The summed E-state index contributed by atoms with van der Waals surface area (Å²) in [7, 11) is 0. The van der Waals surface area contributed by atoms with Crippen molar-refractivity contribution >= 4 is 33.6 Å². The van der Waals surface area contributed by atoms with Crippen molar-refractivity contribution in [2.45, 2.75) is 13.3 Å². The molecule has 1 aromatic carbocycles. The summed E-state index contributed by atoms with van der Waals surface area (Å²) in [5.41, 5.74) is 3.55. The molecule has 2 aromatic rings. The lowest BCUT2D eigenvalue weighted by molar-refractivity contribution is 0.615. The number of hydrogen-bond donors (Lipinski definition) is 0. The Labute approximate surface area is 116 Å². The van der Waals surface area contributed by atoms with Crippen molar-refractivity contribution < 1.29 is 4.42 Å². The molecule has 96 valence electrons. The predicted molar refractivity (Wildman–Crippen MR) is 80.0 cm³/mol. The van der Waals surface area contributed by atoms with Crippen molar-refractivity contribution in [3.8, 4) is 0 Å². The van der Waals surface area contributed by atoms with Gasteiger partial charge in [0.15, 0.2) is 5.17 Å². The summed E-state index contributed by atoms with van der Waals surface area (Å²) in [5.74, 6) is 0. The van der Waals surface area contributed by atoms with Crippen molar-refractivity contribution in [1.29, 1.82) is 0 Å². The summed E-state index contributed by atoms with van der Waals surface area (Å²) in [5, 5.41) is 2.35. The van der Waals surface area contributed by atoms with E-state index in [0.29, 0.717) is 0 Å². The largest absolute Gasteiger partial charge is 0.464 e. The molecule has 3 nitrogen and oxygen atoms in total. The average Bonchev–Trinajstić information content (AvgIpc) is 3.12. The molecule has 4 rings (SSSR count). The summed E-state index contributed by atoms with van der Waals surface area (Å²) in [6.45, 7) is 4.11. The van der Waals surface area contributed by atoms with Gasteiger partial charge in [0.1, 0.15) is 5.58 Å². The van der Waals surface area contributed by atoms with Gasteiger partial charge >= 0.3 is 0 Å². The van der Waals surface area contributed by atoms with Gasteiger partial charge in [0.25, 0.3) is 0 Å². The van der Waals surface area contributed by atoms with Crippen LogP contribution in [0, 0.1) is 0 Å². The molecule has 0 amide bonds. The summed E-state index contributed by atoms with van der Waals surface area (Å²) >= 11 is 1.82. The molecule has 0 unspecified atom stereocenters. The second kappa shape index (κ2) is 4.17. The van der Waals surface area contributed by atoms with Crippen LogP contribution in [0.25, 0.3) is 16.7 Å². The zero-order chi connectivity index (χ0) is 12.8. The van der Waals surface area contributed by atoms with Crippen LogP contribution in [0.5, 0.6) is 0 Å². The van der Waals surface area contributed by atoms with Gasteiger partial charge in [0, 0.05) is 22.4 Å². The van der Waals surface area contributed by atoms with Gasteiger partial charge in [-0.1, -0.05) is 30.8 Å². The van der Waals surface area contributed by atoms with E-state index in [1.807, 2.05) is 17.8 Å². The Morgan fingerprint density at radius 3 is 3.21 bits per heavy atom. The first-order valence-corrected chi connectivity index (χ1v) is 7.39. The lowest BCUT2D eigenvalue weighted by Crippen LogP contribution is -2.20. The van der Waals surface area contributed by atoms with Crippen LogP contribution in [0.15, 0.2) is 44.8 Å². The lowest BCUT2D eigenvalue weighted by Gasteiger charge is -2.17. The van der Waals surface area contributed by atoms with E-state index in [-0.39, 0.29) is 0 Å². The van der Waals surface area contributed by atoms with Crippen LogP contribution in [0.2, 0.25) is 0 Å². The molecule has 0 saturated carbocycles. The Kier molecular flexibility index (Phi) is 2.45. The topological polar surface area (TPSA) is 28.7 Å². The maximum absolute atomic E-state index is 5.52. The molecule has 2 aliphatic rings. The molecule has 0 aliphatic carbocycles. The smallest absolute Gasteiger partial charge is 0.168 e. The van der Waals surface area contributed by atoms with Crippen molar-refractivity contribution in [3.63, 3.8) is 0 Å². The zero-order valence-corrected chi connectivity index (χ0v) is 11.5. The van der Waals surface area contributed by atoms with Gasteiger partial charge in [0.05, 0.1) is 18.5 Å². The Hall–Kier alpha value is -1.68. The van der Waals surface area contributed by atoms with Gasteiger partial charge in [-0.15, -0.1) is 0 Å². The molecule has 0 saturated heterocycles. The molecular formula is C15H14N2OS. The molecule has 0 radical (unpaired) electrons. The first-order valence-electron chi connectivity index (χ1n) is 6.58. The number of aliphatic imine (C=N–C) groups is 1. The van der Waals surface area contributed by atoms with Crippen molar-refractivity contribution in [1.82, 2.24) is 4.90 Å². The first kappa shape index (κ1) is 11.2. The van der Waals surface area contributed by atoms with E-state index in [1.165, 1.54) is 21.6 Å². The van der Waals surface area contributed by atoms with E-state index in [0.717, 1.165) is 30.3 Å². The van der Waals surface area contributed by atoms with Crippen LogP contribution in [0.3, 0.4) is 0 Å². The summed E-state index contributed by atoms with van der Waals surface area (Å²) < 4.78 is 5.52. The maximum Gasteiger partial charge on any atom is 0.168 e. The van der Waals surface area contributed by atoms with Gasteiger partial charge < -0.3 is 9.32 Å². The molecule has 0 bridgehead atoms. The molecule has 3 heterocycles. The summed E-state index contributed by atoms with van der Waals surface area (Å²) in [4.78, 5) is 8.34. The minimum Gasteiger partial charge on any atom is -0.464 e. The van der Waals surface area contributed by atoms with Crippen LogP contribution in [0.1, 0.15) is 18.9 Å². The molecular weight excluding hydrogens is 256 g/mol. The second-order valence-electron chi connectivity index (χ2n) is 4.68. The monoisotopic (exact) mass is 270 g/mol. The van der Waals surface area contributed by atoms with Crippen molar-refractivity contribution in [2.24, 2.45) is 4.99 Å². The fourth-order valence-corrected chi connectivity index (χ4v) is 3.90. The van der Waals surface area contributed by atoms with Crippen molar-refractivity contribution in [3.05, 3.63) is 41.0 Å². The highest BCUT2D eigenvalue weighted by Crippen LogP contribution is 2.44. The zero-order valence-electron chi connectivity index (χ0n) is 10.7. The van der Waals surface area contributed by atoms with E-state index in [4.69, 9.17) is 4.42 Å². The number of allylic oxidation sites excluding steroid dienone is 1. The van der Waals surface area contributed by atoms with E-state index >= 15 is 0 Å². The highest BCUT2D eigenvalue weighted by Gasteiger charge is 2.32. The Morgan fingerprint density at radius 2 is 2.32 bits per heavy atom. The number of hydrogen-bond acceptors (Lipinski definition) is 4. The minimum absolute atomic E-state index is 0.907. The van der Waals surface area contributed by atoms with Gasteiger partial charge in [-0.3, -0.25) is 4.99 Å². The van der Waals surface area contributed by atoms with Crippen LogP contribution < -0.4 is 0 Å². The van der Waals surface area contributed by atoms with Gasteiger partial charge in [0.2, 0.25) is 0 Å². The first-order chi connectivity index (χ1) is 9.38. The third-order valence-electron chi connectivity index (χ3n) is 3.62. The fourth-order valence-electron chi connectivity index (χ4n) is 2.77. The average molecular weight is 270 g/mol. The maximum atomic E-state index is 5.52.